The molecule has 1 aromatic heterocycles. The number of methoxy groups -OCH3 is 1. The van der Waals surface area contributed by atoms with Gasteiger partial charge in [0, 0.05) is 24.6 Å². The molecule has 0 spiro atoms. The van der Waals surface area contributed by atoms with Crippen LogP contribution in [0.1, 0.15) is 43.1 Å². The van der Waals surface area contributed by atoms with Gasteiger partial charge in [0.05, 0.1) is 23.8 Å². The molecule has 3 heterocycles. The molecule has 2 aliphatic heterocycles. The molecule has 0 aliphatic carbocycles. The molecule has 32 heavy (non-hydrogen) atoms. The summed E-state index contributed by atoms with van der Waals surface area (Å²) in [6, 6.07) is 14.9. The third kappa shape index (κ3) is 3.88. The maximum absolute atomic E-state index is 12.5. The van der Waals surface area contributed by atoms with Gasteiger partial charge in [0.25, 0.3) is 0 Å². The minimum absolute atomic E-state index is 0.117. The maximum Gasteiger partial charge on any atom is 0.414 e. The van der Waals surface area contributed by atoms with E-state index in [1.165, 1.54) is 36.6 Å². The lowest BCUT2D eigenvalue weighted by atomic mass is 9.95. The Morgan fingerprint density at radius 3 is 2.78 bits per heavy atom. The normalized spacial score (nSPS) is 20.9. The Hall–Kier alpha value is -2.86. The number of benzene rings is 2. The minimum Gasteiger partial charge on any atom is -0.452 e. The first-order chi connectivity index (χ1) is 15.7. The zero-order valence-electron chi connectivity index (χ0n) is 19.0. The molecular formula is C26H32N4O2. The van der Waals surface area contributed by atoms with Crippen LogP contribution in [0.4, 0.5) is 10.5 Å². The standard InChI is InChI=1S/C26H32N4O2/c1-18-10-11-21-22(30(18)26(31)32-2)12-13-23-25(21)28-24(15-19-7-4-3-5-8-19)29(23)17-20-9-6-14-27-16-20/h3-5,7-8,12-13,18,20,27H,6,9-11,14-17H2,1-2H3/t18-,20+/m0/s1. The van der Waals surface area contributed by atoms with Gasteiger partial charge in [-0.2, -0.15) is 0 Å². The van der Waals surface area contributed by atoms with E-state index < -0.39 is 0 Å². The van der Waals surface area contributed by atoms with Gasteiger partial charge in [-0.3, -0.25) is 4.90 Å². The number of hydrogen-bond donors (Lipinski definition) is 1. The summed E-state index contributed by atoms with van der Waals surface area (Å²) in [5.41, 5.74) is 5.60. The van der Waals surface area contributed by atoms with Crippen LogP contribution in [0.2, 0.25) is 0 Å². The van der Waals surface area contributed by atoms with Gasteiger partial charge in [0.15, 0.2) is 0 Å². The molecule has 6 heteroatoms. The van der Waals surface area contributed by atoms with E-state index in [-0.39, 0.29) is 12.1 Å². The number of aryl methyl sites for hydroxylation is 1. The molecule has 0 saturated carbocycles. The van der Waals surface area contributed by atoms with Crippen LogP contribution in [-0.4, -0.2) is 41.9 Å². The Bertz CT molecular complexity index is 1100. The summed E-state index contributed by atoms with van der Waals surface area (Å²) >= 11 is 0. The molecular weight excluding hydrogens is 400 g/mol. The fourth-order valence-corrected chi connectivity index (χ4v) is 5.31. The topological polar surface area (TPSA) is 59.4 Å². The van der Waals surface area contributed by atoms with Crippen LogP contribution in [0.3, 0.4) is 0 Å². The van der Waals surface area contributed by atoms with Crippen molar-refractivity contribution in [2.45, 2.75) is 51.6 Å². The van der Waals surface area contributed by atoms with Crippen LogP contribution in [0, 0.1) is 5.92 Å². The summed E-state index contributed by atoms with van der Waals surface area (Å²) in [6.45, 7) is 5.23. The maximum atomic E-state index is 12.5. The molecule has 168 valence electrons. The number of imidazole rings is 1. The number of piperidine rings is 1. The number of anilines is 1. The molecule has 0 radical (unpaired) electrons. The Labute approximate surface area is 189 Å². The van der Waals surface area contributed by atoms with Crippen molar-refractivity contribution in [3.05, 3.63) is 59.4 Å². The lowest BCUT2D eigenvalue weighted by molar-refractivity contribution is 0.175. The van der Waals surface area contributed by atoms with E-state index in [0.29, 0.717) is 5.92 Å². The largest absolute Gasteiger partial charge is 0.452 e. The zero-order valence-corrected chi connectivity index (χ0v) is 19.0. The molecule has 1 amide bonds. The summed E-state index contributed by atoms with van der Waals surface area (Å²) in [5.74, 6) is 1.71. The number of nitrogens with zero attached hydrogens (tertiary/aromatic N) is 3. The summed E-state index contributed by atoms with van der Waals surface area (Å²) in [5, 5.41) is 3.55. The molecule has 2 aliphatic rings. The van der Waals surface area contributed by atoms with Crippen molar-refractivity contribution >= 4 is 22.8 Å². The second kappa shape index (κ2) is 8.94. The van der Waals surface area contributed by atoms with Crippen LogP contribution in [0.15, 0.2) is 42.5 Å². The van der Waals surface area contributed by atoms with Crippen LogP contribution < -0.4 is 10.2 Å². The smallest absolute Gasteiger partial charge is 0.414 e. The lowest BCUT2D eigenvalue weighted by Gasteiger charge is -2.34. The number of hydrogen-bond acceptors (Lipinski definition) is 4. The molecule has 6 nitrogen and oxygen atoms in total. The second-order valence-electron chi connectivity index (χ2n) is 9.17. The van der Waals surface area contributed by atoms with Crippen LogP contribution in [0.25, 0.3) is 11.0 Å². The molecule has 5 rings (SSSR count). The Balaban J connectivity index is 1.61. The molecule has 0 bridgehead atoms. The average molecular weight is 433 g/mol. The number of amides is 1. The van der Waals surface area contributed by atoms with Crippen molar-refractivity contribution in [1.29, 1.82) is 0 Å². The Morgan fingerprint density at radius 1 is 1.19 bits per heavy atom. The first-order valence-corrected chi connectivity index (χ1v) is 11.8. The first-order valence-electron chi connectivity index (χ1n) is 11.8. The summed E-state index contributed by atoms with van der Waals surface area (Å²) in [7, 11) is 1.45. The van der Waals surface area contributed by atoms with Crippen molar-refractivity contribution in [2.75, 3.05) is 25.1 Å². The van der Waals surface area contributed by atoms with Crippen molar-refractivity contribution in [1.82, 2.24) is 14.9 Å². The van der Waals surface area contributed by atoms with Crippen molar-refractivity contribution in [2.24, 2.45) is 5.92 Å². The van der Waals surface area contributed by atoms with E-state index in [2.05, 4.69) is 59.3 Å². The number of carbonyl (C=O) groups excluding carboxylic acids is 1. The molecule has 3 aromatic rings. The summed E-state index contributed by atoms with van der Waals surface area (Å²) < 4.78 is 7.52. The summed E-state index contributed by atoms with van der Waals surface area (Å²) in [6.07, 6.45) is 4.82. The number of rotatable bonds is 4. The van der Waals surface area contributed by atoms with E-state index >= 15 is 0 Å². The quantitative estimate of drug-likeness (QED) is 0.658. The SMILES string of the molecule is COC(=O)N1c2ccc3c(nc(Cc4ccccc4)n3C[C@@H]3CCCNC3)c2CC[C@@H]1C. The molecule has 2 atom stereocenters. The lowest BCUT2D eigenvalue weighted by Crippen LogP contribution is -2.42. The second-order valence-corrected chi connectivity index (χ2v) is 9.17. The van der Waals surface area contributed by atoms with E-state index in [4.69, 9.17) is 9.72 Å². The van der Waals surface area contributed by atoms with E-state index in [9.17, 15) is 4.79 Å². The highest BCUT2D eigenvalue weighted by atomic mass is 16.5. The molecule has 1 saturated heterocycles. The predicted molar refractivity (Wildman–Crippen MR) is 127 cm³/mol. The van der Waals surface area contributed by atoms with Gasteiger partial charge in [-0.05, 0) is 69.3 Å². The third-order valence-corrected chi connectivity index (χ3v) is 7.01. The number of nitrogens with one attached hydrogen (secondary N) is 1. The van der Waals surface area contributed by atoms with Gasteiger partial charge in [0.1, 0.15) is 5.82 Å². The average Bonchev–Trinajstić information content (AvgIpc) is 3.16. The molecule has 1 N–H and O–H groups in total. The van der Waals surface area contributed by atoms with Gasteiger partial charge >= 0.3 is 6.09 Å². The van der Waals surface area contributed by atoms with Gasteiger partial charge in [-0.1, -0.05) is 30.3 Å². The van der Waals surface area contributed by atoms with Gasteiger partial charge in [-0.25, -0.2) is 9.78 Å². The van der Waals surface area contributed by atoms with Gasteiger partial charge in [-0.15, -0.1) is 0 Å². The third-order valence-electron chi connectivity index (χ3n) is 7.01. The number of carbonyl (C=O) groups is 1. The molecule has 0 unspecified atom stereocenters. The Kier molecular flexibility index (Phi) is 5.87. The fourth-order valence-electron chi connectivity index (χ4n) is 5.31. The van der Waals surface area contributed by atoms with Crippen molar-refractivity contribution < 1.29 is 9.53 Å². The highest BCUT2D eigenvalue weighted by Gasteiger charge is 2.31. The van der Waals surface area contributed by atoms with Crippen molar-refractivity contribution in [3.8, 4) is 0 Å². The summed E-state index contributed by atoms with van der Waals surface area (Å²) in [4.78, 5) is 19.5. The van der Waals surface area contributed by atoms with E-state index in [1.807, 2.05) is 0 Å². The van der Waals surface area contributed by atoms with Crippen LogP contribution >= 0.6 is 0 Å². The fraction of sp³-hybridized carbons (Fsp3) is 0.462. The highest BCUT2D eigenvalue weighted by molar-refractivity contribution is 5.95. The molecule has 2 aromatic carbocycles. The van der Waals surface area contributed by atoms with E-state index in [0.717, 1.165) is 55.9 Å². The van der Waals surface area contributed by atoms with Gasteiger partial charge in [0.2, 0.25) is 0 Å². The highest BCUT2D eigenvalue weighted by Crippen LogP contribution is 2.37. The van der Waals surface area contributed by atoms with E-state index in [1.54, 1.807) is 4.90 Å². The van der Waals surface area contributed by atoms with Gasteiger partial charge < -0.3 is 14.6 Å². The number of aromatic nitrogens is 2. The van der Waals surface area contributed by atoms with Crippen molar-refractivity contribution in [3.63, 3.8) is 0 Å². The molecule has 1 fully saturated rings. The minimum atomic E-state index is -0.296. The number of fused-ring (bicyclic) bond motifs is 3. The number of ether oxygens (including phenoxy) is 1. The van der Waals surface area contributed by atoms with Crippen LogP contribution in [0.5, 0.6) is 0 Å². The Morgan fingerprint density at radius 2 is 2.03 bits per heavy atom. The first kappa shape index (κ1) is 21.0. The predicted octanol–water partition coefficient (Wildman–Crippen LogP) is 4.53. The monoisotopic (exact) mass is 432 g/mol. The zero-order chi connectivity index (χ0) is 22.1. The van der Waals surface area contributed by atoms with Crippen LogP contribution in [-0.2, 0) is 24.1 Å².